The molecule has 1 fully saturated rings. The van der Waals surface area contributed by atoms with E-state index in [1.165, 1.54) is 12.8 Å². The van der Waals surface area contributed by atoms with E-state index in [2.05, 4.69) is 46.4 Å². The molecule has 1 amide bonds. The smallest absolute Gasteiger partial charge is 0.291 e. The van der Waals surface area contributed by atoms with E-state index in [0.29, 0.717) is 18.3 Å². The second kappa shape index (κ2) is 5.91. The maximum Gasteiger partial charge on any atom is 0.291 e. The lowest BCUT2D eigenvalue weighted by Crippen LogP contribution is -2.55. The van der Waals surface area contributed by atoms with Crippen molar-refractivity contribution in [2.75, 3.05) is 20.6 Å². The number of carbonyl (C=O) groups excluding carboxylic acids is 1. The van der Waals surface area contributed by atoms with E-state index in [9.17, 15) is 4.79 Å². The predicted octanol–water partition coefficient (Wildman–Crippen LogP) is 1.35. The van der Waals surface area contributed by atoms with Crippen LogP contribution >= 0.6 is 0 Å². The molecule has 0 bridgehead atoms. The van der Waals surface area contributed by atoms with Gasteiger partial charge in [0.2, 0.25) is 5.82 Å². The molecule has 1 heterocycles. The largest absolute Gasteiger partial charge is 0.347 e. The van der Waals surface area contributed by atoms with Crippen LogP contribution in [0.5, 0.6) is 0 Å². The lowest BCUT2D eigenvalue weighted by Gasteiger charge is -2.45. The molecule has 2 rings (SSSR count). The number of aromatic nitrogens is 3. The van der Waals surface area contributed by atoms with Crippen molar-refractivity contribution in [3.8, 4) is 0 Å². The first-order valence-electron chi connectivity index (χ1n) is 7.27. The third kappa shape index (κ3) is 3.17. The highest BCUT2D eigenvalue weighted by Crippen LogP contribution is 2.35. The number of carbonyl (C=O) groups is 1. The van der Waals surface area contributed by atoms with Crippen molar-refractivity contribution >= 4 is 5.91 Å². The Labute approximate surface area is 120 Å². The van der Waals surface area contributed by atoms with Gasteiger partial charge in [-0.05, 0) is 39.8 Å². The first kappa shape index (κ1) is 15.0. The Hall–Kier alpha value is -1.43. The van der Waals surface area contributed by atoms with Crippen LogP contribution in [0.4, 0.5) is 0 Å². The van der Waals surface area contributed by atoms with E-state index < -0.39 is 0 Å². The second-order valence-electron chi connectivity index (χ2n) is 6.25. The molecule has 112 valence electrons. The lowest BCUT2D eigenvalue weighted by molar-refractivity contribution is 0.0671. The number of nitrogens with zero attached hydrogens (tertiary/aromatic N) is 3. The van der Waals surface area contributed by atoms with E-state index >= 15 is 0 Å². The van der Waals surface area contributed by atoms with Crippen molar-refractivity contribution in [3.05, 3.63) is 11.6 Å². The third-order valence-electron chi connectivity index (χ3n) is 4.39. The van der Waals surface area contributed by atoms with Crippen LogP contribution in [0, 0.1) is 12.8 Å². The number of rotatable bonds is 4. The van der Waals surface area contributed by atoms with E-state index in [1.807, 2.05) is 0 Å². The zero-order valence-electron chi connectivity index (χ0n) is 12.9. The van der Waals surface area contributed by atoms with Gasteiger partial charge in [-0.15, -0.1) is 5.10 Å². The summed E-state index contributed by atoms with van der Waals surface area (Å²) in [5.74, 6) is 1.38. The van der Waals surface area contributed by atoms with Crippen LogP contribution in [0.3, 0.4) is 0 Å². The summed E-state index contributed by atoms with van der Waals surface area (Å²) in [4.78, 5) is 18.4. The van der Waals surface area contributed by atoms with Crippen LogP contribution in [0.2, 0.25) is 0 Å². The first-order valence-corrected chi connectivity index (χ1v) is 7.27. The molecule has 0 aromatic carbocycles. The summed E-state index contributed by atoms with van der Waals surface area (Å²) in [5, 5.41) is 9.59. The van der Waals surface area contributed by atoms with Crippen LogP contribution in [0.15, 0.2) is 0 Å². The van der Waals surface area contributed by atoms with Crippen LogP contribution in [0.1, 0.15) is 49.1 Å². The maximum absolute atomic E-state index is 12.1. The van der Waals surface area contributed by atoms with Crippen LogP contribution in [-0.4, -0.2) is 52.2 Å². The molecule has 0 spiro atoms. The van der Waals surface area contributed by atoms with Gasteiger partial charge in [-0.1, -0.05) is 19.8 Å². The first-order chi connectivity index (χ1) is 9.43. The predicted molar refractivity (Wildman–Crippen MR) is 77.5 cm³/mol. The fraction of sp³-hybridized carbons (Fsp3) is 0.786. The lowest BCUT2D eigenvalue weighted by atomic mass is 9.75. The zero-order valence-corrected chi connectivity index (χ0v) is 12.9. The van der Waals surface area contributed by atoms with Gasteiger partial charge in [-0.25, -0.2) is 4.98 Å². The molecular weight excluding hydrogens is 254 g/mol. The van der Waals surface area contributed by atoms with Gasteiger partial charge in [-0.2, -0.15) is 0 Å². The molecule has 2 unspecified atom stereocenters. The summed E-state index contributed by atoms with van der Waals surface area (Å²) in [6.45, 7) is 4.72. The molecule has 6 nitrogen and oxygen atoms in total. The van der Waals surface area contributed by atoms with Crippen molar-refractivity contribution < 1.29 is 4.79 Å². The summed E-state index contributed by atoms with van der Waals surface area (Å²) in [5.41, 5.74) is 0.0542. The van der Waals surface area contributed by atoms with Gasteiger partial charge in [0.15, 0.2) is 0 Å². The summed E-state index contributed by atoms with van der Waals surface area (Å²) in [6, 6.07) is 0. The summed E-state index contributed by atoms with van der Waals surface area (Å²) in [6.07, 6.45) is 4.74. The number of aryl methyl sites for hydroxylation is 1. The standard InChI is InChI=1S/C14H25N5O/c1-10-6-5-7-14(8-10,19(3)4)9-15-13(20)12-16-11(2)17-18-12/h10H,5-9H2,1-4H3,(H,15,20)(H,16,17,18). The van der Waals surface area contributed by atoms with Crippen molar-refractivity contribution in [2.45, 2.75) is 45.1 Å². The van der Waals surface area contributed by atoms with Gasteiger partial charge >= 0.3 is 0 Å². The topological polar surface area (TPSA) is 73.9 Å². The van der Waals surface area contributed by atoms with Crippen molar-refractivity contribution in [3.63, 3.8) is 0 Å². The molecule has 1 aromatic rings. The maximum atomic E-state index is 12.1. The summed E-state index contributed by atoms with van der Waals surface area (Å²) >= 11 is 0. The van der Waals surface area contributed by atoms with Gasteiger partial charge in [-0.3, -0.25) is 9.89 Å². The number of hydrogen-bond donors (Lipinski definition) is 2. The monoisotopic (exact) mass is 279 g/mol. The molecule has 20 heavy (non-hydrogen) atoms. The molecule has 1 saturated carbocycles. The molecule has 2 atom stereocenters. The van der Waals surface area contributed by atoms with Gasteiger partial charge in [0, 0.05) is 12.1 Å². The molecule has 6 heteroatoms. The molecule has 1 aromatic heterocycles. The SMILES string of the molecule is Cc1nc(C(=O)NCC2(N(C)C)CCCC(C)C2)n[nH]1. The number of aromatic amines is 1. The van der Waals surface area contributed by atoms with Crippen LogP contribution < -0.4 is 5.32 Å². The Balaban J connectivity index is 2.00. The highest BCUT2D eigenvalue weighted by atomic mass is 16.2. The number of amides is 1. The van der Waals surface area contributed by atoms with Gasteiger partial charge in [0.1, 0.15) is 5.82 Å². The molecule has 1 aliphatic rings. The van der Waals surface area contributed by atoms with Crippen LogP contribution in [0.25, 0.3) is 0 Å². The fourth-order valence-corrected chi connectivity index (χ4v) is 3.13. The van der Waals surface area contributed by atoms with Gasteiger partial charge in [0.05, 0.1) is 0 Å². The number of nitrogens with one attached hydrogen (secondary N) is 2. The number of H-pyrrole nitrogens is 1. The van der Waals surface area contributed by atoms with Crippen molar-refractivity contribution in [1.82, 2.24) is 25.4 Å². The molecule has 2 N–H and O–H groups in total. The highest BCUT2D eigenvalue weighted by Gasteiger charge is 2.37. The molecule has 0 saturated heterocycles. The molecule has 0 radical (unpaired) electrons. The molecule has 1 aliphatic carbocycles. The average Bonchev–Trinajstić information content (AvgIpc) is 2.82. The number of likely N-dealkylation sites (N-methyl/N-ethyl adjacent to an activating group) is 1. The van der Waals surface area contributed by atoms with Gasteiger partial charge in [0.25, 0.3) is 5.91 Å². The van der Waals surface area contributed by atoms with E-state index in [1.54, 1.807) is 6.92 Å². The third-order valence-corrected chi connectivity index (χ3v) is 4.39. The minimum atomic E-state index is -0.200. The Bertz CT molecular complexity index is 470. The fourth-order valence-electron chi connectivity index (χ4n) is 3.13. The molecule has 0 aliphatic heterocycles. The minimum absolute atomic E-state index is 0.0542. The second-order valence-corrected chi connectivity index (χ2v) is 6.25. The molecular formula is C14H25N5O. The van der Waals surface area contributed by atoms with E-state index in [0.717, 1.165) is 12.8 Å². The highest BCUT2D eigenvalue weighted by molar-refractivity contribution is 5.90. The number of hydrogen-bond acceptors (Lipinski definition) is 4. The van der Waals surface area contributed by atoms with E-state index in [-0.39, 0.29) is 17.3 Å². The summed E-state index contributed by atoms with van der Waals surface area (Å²) < 4.78 is 0. The Morgan fingerprint density at radius 3 is 2.85 bits per heavy atom. The quantitative estimate of drug-likeness (QED) is 0.872. The van der Waals surface area contributed by atoms with E-state index in [4.69, 9.17) is 0 Å². The van der Waals surface area contributed by atoms with Gasteiger partial charge < -0.3 is 10.2 Å². The average molecular weight is 279 g/mol. The van der Waals surface area contributed by atoms with Crippen LogP contribution in [-0.2, 0) is 0 Å². The van der Waals surface area contributed by atoms with Crippen molar-refractivity contribution in [2.24, 2.45) is 5.92 Å². The summed E-state index contributed by atoms with van der Waals surface area (Å²) in [7, 11) is 4.20. The van der Waals surface area contributed by atoms with Crippen molar-refractivity contribution in [1.29, 1.82) is 0 Å². The zero-order chi connectivity index (χ0) is 14.8. The Morgan fingerprint density at radius 1 is 1.55 bits per heavy atom. The Morgan fingerprint density at radius 2 is 2.30 bits per heavy atom. The normalized spacial score (nSPS) is 26.8. The minimum Gasteiger partial charge on any atom is -0.347 e. The Kier molecular flexibility index (Phi) is 4.42.